The largest absolute Gasteiger partial charge is 0.351 e. The van der Waals surface area contributed by atoms with Gasteiger partial charge in [-0.25, -0.2) is 4.39 Å². The van der Waals surface area contributed by atoms with Crippen LogP contribution in [0.1, 0.15) is 22.5 Å². The molecule has 0 fully saturated rings. The molecule has 0 saturated carbocycles. The molecule has 0 aliphatic carbocycles. The van der Waals surface area contributed by atoms with Crippen molar-refractivity contribution >= 4 is 28.8 Å². The van der Waals surface area contributed by atoms with E-state index in [0.29, 0.717) is 30.0 Å². The highest BCUT2D eigenvalue weighted by atomic mass is 32.1. The molecule has 0 spiro atoms. The Hall–Kier alpha value is -2.21. The summed E-state index contributed by atoms with van der Waals surface area (Å²) in [5.41, 5.74) is 0.559. The van der Waals surface area contributed by atoms with E-state index in [9.17, 15) is 14.0 Å². The molecule has 1 heterocycles. The molecular weight excluding hydrogens is 291 g/mol. The molecule has 2 amide bonds. The van der Waals surface area contributed by atoms with Crippen LogP contribution < -0.4 is 10.6 Å². The molecule has 2 aromatic rings. The number of hydrogen-bond donors (Lipinski definition) is 2. The number of hydrogen-bond acceptors (Lipinski definition) is 3. The third-order valence-corrected chi connectivity index (χ3v) is 3.61. The number of thiophene rings is 1. The summed E-state index contributed by atoms with van der Waals surface area (Å²) in [4.78, 5) is 23.9. The van der Waals surface area contributed by atoms with Crippen LogP contribution in [-0.4, -0.2) is 18.4 Å². The van der Waals surface area contributed by atoms with Crippen molar-refractivity contribution in [2.45, 2.75) is 12.8 Å². The molecule has 0 aliphatic heterocycles. The summed E-state index contributed by atoms with van der Waals surface area (Å²) in [6.45, 7) is 0.438. The van der Waals surface area contributed by atoms with Gasteiger partial charge in [-0.05, 0) is 42.1 Å². The van der Waals surface area contributed by atoms with E-state index in [1.165, 1.54) is 35.6 Å². The fourth-order valence-electron chi connectivity index (χ4n) is 1.70. The van der Waals surface area contributed by atoms with Crippen molar-refractivity contribution in [2.75, 3.05) is 11.9 Å². The van der Waals surface area contributed by atoms with Crippen molar-refractivity contribution in [3.63, 3.8) is 0 Å². The number of rotatable bonds is 6. The van der Waals surface area contributed by atoms with Crippen molar-refractivity contribution in [2.24, 2.45) is 0 Å². The molecule has 110 valence electrons. The summed E-state index contributed by atoms with van der Waals surface area (Å²) in [6, 6.07) is 9.16. The van der Waals surface area contributed by atoms with Gasteiger partial charge in [0.15, 0.2) is 0 Å². The lowest BCUT2D eigenvalue weighted by Gasteiger charge is -2.06. The maximum atomic E-state index is 12.7. The zero-order chi connectivity index (χ0) is 15.1. The lowest BCUT2D eigenvalue weighted by molar-refractivity contribution is -0.116. The molecule has 6 heteroatoms. The molecule has 2 rings (SSSR count). The number of halogens is 1. The van der Waals surface area contributed by atoms with E-state index < -0.39 is 0 Å². The predicted octanol–water partition coefficient (Wildman–Crippen LogP) is 3.04. The molecule has 1 aromatic carbocycles. The van der Waals surface area contributed by atoms with Gasteiger partial charge in [0.05, 0.1) is 4.88 Å². The molecule has 0 bridgehead atoms. The first kappa shape index (κ1) is 15.2. The van der Waals surface area contributed by atoms with Gasteiger partial charge < -0.3 is 10.6 Å². The van der Waals surface area contributed by atoms with Gasteiger partial charge in [0.1, 0.15) is 5.82 Å². The fraction of sp³-hybridized carbons (Fsp3) is 0.200. The number of carbonyl (C=O) groups excluding carboxylic acids is 2. The Bertz CT molecular complexity index is 597. The molecule has 21 heavy (non-hydrogen) atoms. The van der Waals surface area contributed by atoms with Crippen LogP contribution in [0.25, 0.3) is 0 Å². The Kier molecular flexibility index (Phi) is 5.45. The van der Waals surface area contributed by atoms with Crippen LogP contribution in [0.4, 0.5) is 10.1 Å². The van der Waals surface area contributed by atoms with Crippen molar-refractivity contribution in [3.05, 3.63) is 52.5 Å². The Morgan fingerprint density at radius 2 is 1.90 bits per heavy atom. The molecule has 0 atom stereocenters. The van der Waals surface area contributed by atoms with Crippen molar-refractivity contribution in [3.8, 4) is 0 Å². The average molecular weight is 306 g/mol. The average Bonchev–Trinajstić information content (AvgIpc) is 3.00. The highest BCUT2D eigenvalue weighted by molar-refractivity contribution is 7.12. The maximum absolute atomic E-state index is 12.7. The first-order valence-corrected chi connectivity index (χ1v) is 7.40. The molecule has 0 saturated heterocycles. The molecule has 0 radical (unpaired) electrons. The normalized spacial score (nSPS) is 10.1. The van der Waals surface area contributed by atoms with Crippen LogP contribution in [0.5, 0.6) is 0 Å². The highest BCUT2D eigenvalue weighted by Gasteiger charge is 2.06. The lowest BCUT2D eigenvalue weighted by Crippen LogP contribution is -2.24. The van der Waals surface area contributed by atoms with Gasteiger partial charge in [0, 0.05) is 18.7 Å². The van der Waals surface area contributed by atoms with Crippen molar-refractivity contribution < 1.29 is 14.0 Å². The van der Waals surface area contributed by atoms with Gasteiger partial charge in [-0.3, -0.25) is 9.59 Å². The second-order valence-electron chi connectivity index (χ2n) is 4.39. The summed E-state index contributed by atoms with van der Waals surface area (Å²) in [6.07, 6.45) is 0.840. The van der Waals surface area contributed by atoms with Crippen LogP contribution in [0.3, 0.4) is 0 Å². The summed E-state index contributed by atoms with van der Waals surface area (Å²) >= 11 is 1.38. The monoisotopic (exact) mass is 306 g/mol. The number of benzene rings is 1. The minimum atomic E-state index is -0.343. The Labute approximate surface area is 126 Å². The van der Waals surface area contributed by atoms with Crippen molar-refractivity contribution in [1.82, 2.24) is 5.32 Å². The van der Waals surface area contributed by atoms with Crippen LogP contribution >= 0.6 is 11.3 Å². The number of carbonyl (C=O) groups is 2. The first-order chi connectivity index (χ1) is 10.1. The van der Waals surface area contributed by atoms with E-state index >= 15 is 0 Å². The second-order valence-corrected chi connectivity index (χ2v) is 5.34. The van der Waals surface area contributed by atoms with E-state index in [-0.39, 0.29) is 17.6 Å². The van der Waals surface area contributed by atoms with Crippen molar-refractivity contribution in [1.29, 1.82) is 0 Å². The standard InChI is InChI=1S/C15H15FN2O2S/c16-11-5-7-12(8-6-11)18-14(19)4-1-9-17-15(20)13-3-2-10-21-13/h2-3,5-8,10H,1,4,9H2,(H,17,20)(H,18,19). The SMILES string of the molecule is O=C(CCCNC(=O)c1cccs1)Nc1ccc(F)cc1. The van der Waals surface area contributed by atoms with E-state index in [2.05, 4.69) is 10.6 Å². The zero-order valence-electron chi connectivity index (χ0n) is 11.3. The first-order valence-electron chi connectivity index (χ1n) is 6.52. The Morgan fingerprint density at radius 3 is 2.57 bits per heavy atom. The van der Waals surface area contributed by atoms with Gasteiger partial charge in [-0.15, -0.1) is 11.3 Å². The van der Waals surface area contributed by atoms with Crippen LogP contribution in [-0.2, 0) is 4.79 Å². The third kappa shape index (κ3) is 5.00. The molecule has 4 nitrogen and oxygen atoms in total. The Balaban J connectivity index is 1.65. The maximum Gasteiger partial charge on any atom is 0.261 e. The van der Waals surface area contributed by atoms with E-state index in [1.807, 2.05) is 11.4 Å². The van der Waals surface area contributed by atoms with Gasteiger partial charge in [-0.1, -0.05) is 6.07 Å². The Morgan fingerprint density at radius 1 is 1.14 bits per heavy atom. The van der Waals surface area contributed by atoms with E-state index in [4.69, 9.17) is 0 Å². The molecule has 2 N–H and O–H groups in total. The molecular formula is C15H15FN2O2S. The second kappa shape index (κ2) is 7.54. The van der Waals surface area contributed by atoms with Gasteiger partial charge in [0.2, 0.25) is 5.91 Å². The highest BCUT2D eigenvalue weighted by Crippen LogP contribution is 2.09. The van der Waals surface area contributed by atoms with Crippen LogP contribution in [0.2, 0.25) is 0 Å². The zero-order valence-corrected chi connectivity index (χ0v) is 12.1. The quantitative estimate of drug-likeness (QED) is 0.806. The number of anilines is 1. The summed E-state index contributed by atoms with van der Waals surface area (Å²) in [5, 5.41) is 7.26. The summed E-state index contributed by atoms with van der Waals surface area (Å²) in [7, 11) is 0. The smallest absolute Gasteiger partial charge is 0.261 e. The van der Waals surface area contributed by atoms with Gasteiger partial charge in [-0.2, -0.15) is 0 Å². The number of amides is 2. The number of nitrogens with one attached hydrogen (secondary N) is 2. The van der Waals surface area contributed by atoms with Crippen LogP contribution in [0.15, 0.2) is 41.8 Å². The molecule has 0 unspecified atom stereocenters. The van der Waals surface area contributed by atoms with Crippen LogP contribution in [0, 0.1) is 5.82 Å². The summed E-state index contributed by atoms with van der Waals surface area (Å²) in [5.74, 6) is -0.625. The minimum Gasteiger partial charge on any atom is -0.351 e. The fourth-order valence-corrected chi connectivity index (χ4v) is 2.34. The minimum absolute atomic E-state index is 0.121. The molecule has 0 aliphatic rings. The van der Waals surface area contributed by atoms with Gasteiger partial charge in [0.25, 0.3) is 5.91 Å². The third-order valence-electron chi connectivity index (χ3n) is 2.74. The summed E-state index contributed by atoms with van der Waals surface area (Å²) < 4.78 is 12.7. The van der Waals surface area contributed by atoms with E-state index in [0.717, 1.165) is 0 Å². The molecule has 1 aromatic heterocycles. The predicted molar refractivity (Wildman–Crippen MR) is 80.9 cm³/mol. The lowest BCUT2D eigenvalue weighted by atomic mass is 10.2. The van der Waals surface area contributed by atoms with Gasteiger partial charge >= 0.3 is 0 Å². The van der Waals surface area contributed by atoms with E-state index in [1.54, 1.807) is 6.07 Å². The topological polar surface area (TPSA) is 58.2 Å².